The van der Waals surface area contributed by atoms with Crippen LogP contribution in [0.3, 0.4) is 0 Å². The third kappa shape index (κ3) is 13.7. The zero-order valence-electron chi connectivity index (χ0n) is 25.0. The quantitative estimate of drug-likeness (QED) is 0.258. The molecule has 4 rings (SSSR count). The molecular weight excluding hydrogens is 476 g/mol. The van der Waals surface area contributed by atoms with Gasteiger partial charge in [0.25, 0.3) is 0 Å². The lowest BCUT2D eigenvalue weighted by molar-refractivity contribution is 0.362. The Morgan fingerprint density at radius 3 is 1.84 bits per heavy atom. The number of furan rings is 1. The molecule has 0 atom stereocenters. The Morgan fingerprint density at radius 1 is 0.789 bits per heavy atom. The molecule has 0 unspecified atom stereocenters. The van der Waals surface area contributed by atoms with Gasteiger partial charge in [-0.15, -0.1) is 0 Å². The number of allylic oxidation sites excluding steroid dienone is 1. The molecule has 0 radical (unpaired) electrons. The minimum absolute atomic E-state index is 0.339. The second-order valence-corrected chi connectivity index (χ2v) is 10.4. The first kappa shape index (κ1) is 32.5. The van der Waals surface area contributed by atoms with Crippen LogP contribution in [0.25, 0.3) is 6.08 Å². The van der Waals surface area contributed by atoms with E-state index in [1.165, 1.54) is 11.1 Å². The number of nitrogens with zero attached hydrogens (tertiary/aromatic N) is 4. The Morgan fingerprint density at radius 2 is 1.50 bits per heavy atom. The molecule has 0 saturated heterocycles. The van der Waals surface area contributed by atoms with E-state index in [0.717, 1.165) is 17.2 Å². The molecule has 0 aliphatic carbocycles. The summed E-state index contributed by atoms with van der Waals surface area (Å²) in [5.74, 6) is 5.23. The van der Waals surface area contributed by atoms with E-state index in [2.05, 4.69) is 80.9 Å². The van der Waals surface area contributed by atoms with Gasteiger partial charge in [-0.1, -0.05) is 77.8 Å². The molecule has 4 aromatic heterocycles. The molecule has 7 heteroatoms. The monoisotopic (exact) mass is 522 g/mol. The second kappa shape index (κ2) is 17.1. The number of rotatable bonds is 5. The van der Waals surface area contributed by atoms with Crippen LogP contribution in [0.2, 0.25) is 0 Å². The van der Waals surface area contributed by atoms with Crippen molar-refractivity contribution in [1.82, 2.24) is 20.3 Å². The van der Waals surface area contributed by atoms with Crippen LogP contribution in [-0.4, -0.2) is 20.3 Å². The van der Waals surface area contributed by atoms with Gasteiger partial charge in [0.2, 0.25) is 5.89 Å². The molecule has 0 fully saturated rings. The SMILES string of the molecule is CC(C)/C=C/c1ccco1.Cc1cc(C(C)C)no1.Cc1cncc(C(C)C)c1.Cc1noc(C(C)C)n1. The third-order valence-corrected chi connectivity index (χ3v) is 5.03. The second-order valence-electron chi connectivity index (χ2n) is 10.4. The average Bonchev–Trinajstić information content (AvgIpc) is 3.61. The lowest BCUT2D eigenvalue weighted by Gasteiger charge is -2.03. The first-order valence-electron chi connectivity index (χ1n) is 13.3. The van der Waals surface area contributed by atoms with Gasteiger partial charge >= 0.3 is 0 Å². The molecule has 0 N–H and O–H groups in total. The van der Waals surface area contributed by atoms with Crippen molar-refractivity contribution in [3.8, 4) is 0 Å². The van der Waals surface area contributed by atoms with E-state index in [-0.39, 0.29) is 0 Å². The molecular formula is C31H46N4O3. The fourth-order valence-electron chi connectivity index (χ4n) is 2.77. The summed E-state index contributed by atoms with van der Waals surface area (Å²) in [7, 11) is 0. The summed E-state index contributed by atoms with van der Waals surface area (Å²) in [6.45, 7) is 22.6. The number of aromatic nitrogens is 4. The fraction of sp³-hybridized carbons (Fsp3) is 0.484. The van der Waals surface area contributed by atoms with Crippen LogP contribution in [0.5, 0.6) is 0 Å². The minimum atomic E-state index is 0.339. The van der Waals surface area contributed by atoms with Gasteiger partial charge in [0, 0.05) is 24.4 Å². The summed E-state index contributed by atoms with van der Waals surface area (Å²) in [6, 6.07) is 7.97. The van der Waals surface area contributed by atoms with Gasteiger partial charge in [0.15, 0.2) is 5.82 Å². The molecule has 4 aromatic rings. The van der Waals surface area contributed by atoms with Crippen molar-refractivity contribution in [2.45, 2.75) is 93.9 Å². The summed E-state index contributed by atoms with van der Waals surface area (Å²) >= 11 is 0. The Hall–Kier alpha value is -3.48. The predicted octanol–water partition coefficient (Wildman–Crippen LogP) is 9.07. The number of aryl methyl sites for hydroxylation is 3. The maximum absolute atomic E-state index is 5.10. The maximum atomic E-state index is 5.10. The van der Waals surface area contributed by atoms with Crippen LogP contribution in [0.15, 0.2) is 62.5 Å². The molecule has 0 aromatic carbocycles. The summed E-state index contributed by atoms with van der Waals surface area (Å²) in [6.07, 6.45) is 9.59. The highest BCUT2D eigenvalue weighted by molar-refractivity contribution is 5.42. The predicted molar refractivity (Wildman–Crippen MR) is 154 cm³/mol. The zero-order valence-corrected chi connectivity index (χ0v) is 25.0. The molecule has 0 spiro atoms. The summed E-state index contributed by atoms with van der Waals surface area (Å²) in [4.78, 5) is 8.14. The molecule has 0 saturated carbocycles. The standard InChI is InChI=1S/C9H13N.C9H12O.C7H11NO.C6H10N2O/c1-7(2)9-4-8(3)5-10-6-9;1-8(2)5-6-9-4-3-7-10-9;1-5(2)7-4-6(3)9-8-7;1-4(2)6-7-5(3)8-9-6/h4-7H,1-3H3;3-8H,1-2H3;4-5H,1-3H3;4H,1-3H3/b;6-5+;;. The van der Waals surface area contributed by atoms with Crippen molar-refractivity contribution in [3.63, 3.8) is 0 Å². The Bertz CT molecular complexity index is 1130. The number of hydrogen-bond donors (Lipinski definition) is 0. The average molecular weight is 523 g/mol. The fourth-order valence-corrected chi connectivity index (χ4v) is 2.77. The van der Waals surface area contributed by atoms with E-state index >= 15 is 0 Å². The molecule has 0 bridgehead atoms. The van der Waals surface area contributed by atoms with Crippen molar-refractivity contribution < 1.29 is 13.5 Å². The Balaban J connectivity index is 0.000000254. The van der Waals surface area contributed by atoms with E-state index in [4.69, 9.17) is 13.5 Å². The van der Waals surface area contributed by atoms with E-state index in [0.29, 0.717) is 35.4 Å². The molecule has 0 aliphatic rings. The summed E-state index contributed by atoms with van der Waals surface area (Å²) in [5, 5.41) is 7.49. The zero-order chi connectivity index (χ0) is 28.7. The van der Waals surface area contributed by atoms with Crippen LogP contribution in [0, 0.1) is 26.7 Å². The highest BCUT2D eigenvalue weighted by atomic mass is 16.5. The summed E-state index contributed by atoms with van der Waals surface area (Å²) < 4.78 is 14.8. The van der Waals surface area contributed by atoms with Gasteiger partial charge in [0.05, 0.1) is 12.0 Å². The largest absolute Gasteiger partial charge is 0.465 e. The molecule has 7 nitrogen and oxygen atoms in total. The first-order chi connectivity index (χ1) is 17.9. The topological polar surface area (TPSA) is 91.0 Å². The maximum Gasteiger partial charge on any atom is 0.229 e. The van der Waals surface area contributed by atoms with Crippen molar-refractivity contribution in [3.05, 3.63) is 89.1 Å². The number of pyridine rings is 1. The van der Waals surface area contributed by atoms with Crippen LogP contribution in [-0.2, 0) is 0 Å². The van der Waals surface area contributed by atoms with Gasteiger partial charge in [-0.2, -0.15) is 4.98 Å². The highest BCUT2D eigenvalue weighted by Gasteiger charge is 2.05. The molecule has 208 valence electrons. The smallest absolute Gasteiger partial charge is 0.229 e. The van der Waals surface area contributed by atoms with Crippen molar-refractivity contribution in [2.24, 2.45) is 5.92 Å². The summed E-state index contributed by atoms with van der Waals surface area (Å²) in [5.41, 5.74) is 3.60. The van der Waals surface area contributed by atoms with E-state index in [1.807, 2.05) is 64.4 Å². The van der Waals surface area contributed by atoms with Crippen molar-refractivity contribution in [2.75, 3.05) is 0 Å². The Labute approximate surface area is 228 Å². The van der Waals surface area contributed by atoms with Gasteiger partial charge in [-0.25, -0.2) is 0 Å². The molecule has 0 amide bonds. The minimum Gasteiger partial charge on any atom is -0.465 e. The van der Waals surface area contributed by atoms with Crippen LogP contribution >= 0.6 is 0 Å². The van der Waals surface area contributed by atoms with Crippen molar-refractivity contribution in [1.29, 1.82) is 0 Å². The lowest BCUT2D eigenvalue weighted by Crippen LogP contribution is -1.88. The van der Waals surface area contributed by atoms with Crippen LogP contribution in [0.1, 0.15) is 113 Å². The van der Waals surface area contributed by atoms with Gasteiger partial charge in [-0.3, -0.25) is 4.98 Å². The highest BCUT2D eigenvalue weighted by Crippen LogP contribution is 2.13. The van der Waals surface area contributed by atoms with Crippen molar-refractivity contribution >= 4 is 6.08 Å². The Kier molecular flexibility index (Phi) is 14.7. The number of hydrogen-bond acceptors (Lipinski definition) is 7. The molecule has 4 heterocycles. The van der Waals surface area contributed by atoms with Crippen LogP contribution in [0.4, 0.5) is 0 Å². The van der Waals surface area contributed by atoms with E-state index < -0.39 is 0 Å². The lowest BCUT2D eigenvalue weighted by atomic mass is 10.0. The van der Waals surface area contributed by atoms with Crippen LogP contribution < -0.4 is 0 Å². The first-order valence-corrected chi connectivity index (χ1v) is 13.3. The van der Waals surface area contributed by atoms with E-state index in [1.54, 1.807) is 6.26 Å². The van der Waals surface area contributed by atoms with Gasteiger partial charge in [-0.05, 0) is 67.9 Å². The van der Waals surface area contributed by atoms with Gasteiger partial charge in [0.1, 0.15) is 11.5 Å². The van der Waals surface area contributed by atoms with Gasteiger partial charge < -0.3 is 13.5 Å². The third-order valence-electron chi connectivity index (χ3n) is 5.03. The normalized spacial score (nSPS) is 10.8. The molecule has 0 aliphatic heterocycles. The molecule has 38 heavy (non-hydrogen) atoms. The van der Waals surface area contributed by atoms with E-state index in [9.17, 15) is 0 Å².